The molecule has 0 atom stereocenters. The highest BCUT2D eigenvalue weighted by molar-refractivity contribution is 7.98. The highest BCUT2D eigenvalue weighted by Crippen LogP contribution is 2.34. The Bertz CT molecular complexity index is 1090. The van der Waals surface area contributed by atoms with Crippen molar-refractivity contribution >= 4 is 23.5 Å². The monoisotopic (exact) mass is 424 g/mol. The van der Waals surface area contributed by atoms with E-state index < -0.39 is 6.03 Å². The van der Waals surface area contributed by atoms with Gasteiger partial charge in [0, 0.05) is 16.3 Å². The smallest absolute Gasteiger partial charge is 0.274 e. The van der Waals surface area contributed by atoms with E-state index in [1.807, 2.05) is 36.7 Å². The first-order chi connectivity index (χ1) is 14.2. The minimum absolute atomic E-state index is 0.562. The van der Waals surface area contributed by atoms with Crippen LogP contribution in [0.15, 0.2) is 41.3 Å². The first-order valence-electron chi connectivity index (χ1n) is 9.64. The minimum Gasteiger partial charge on any atom is -0.274 e. The first-order valence-corrected chi connectivity index (χ1v) is 10.6. The highest BCUT2D eigenvalue weighted by atomic mass is 32.2. The van der Waals surface area contributed by atoms with E-state index >= 15 is 0 Å². The standard InChI is InChI=1S/C22H28N6OS/c1-13-7-6-8-19(27(24)22(29)25-23)18(13)12-30-21-10-14(2)20(9-15(21)3)28-17(5)11-16(4)26-28/h6-11H,12,23-24H2,1-5H3,(H,25,29). The summed E-state index contributed by atoms with van der Waals surface area (Å²) in [7, 11) is 0. The number of aryl methyl sites for hydroxylation is 5. The molecule has 3 rings (SSSR count). The van der Waals surface area contributed by atoms with Crippen LogP contribution in [0.5, 0.6) is 0 Å². The Morgan fingerprint density at radius 2 is 1.83 bits per heavy atom. The minimum atomic E-state index is -0.562. The molecule has 1 heterocycles. The summed E-state index contributed by atoms with van der Waals surface area (Å²) >= 11 is 1.72. The van der Waals surface area contributed by atoms with Gasteiger partial charge in [-0.15, -0.1) is 11.8 Å². The van der Waals surface area contributed by atoms with Crippen molar-refractivity contribution < 1.29 is 4.79 Å². The third-order valence-corrected chi connectivity index (χ3v) is 6.27. The lowest BCUT2D eigenvalue weighted by Crippen LogP contribution is -2.48. The number of nitrogens with one attached hydrogen (secondary N) is 1. The molecule has 8 heteroatoms. The number of carbonyl (C=O) groups excluding carboxylic acids is 1. The van der Waals surface area contributed by atoms with Gasteiger partial charge in [0.05, 0.1) is 17.1 Å². The molecule has 158 valence electrons. The molecule has 0 aliphatic heterocycles. The Balaban J connectivity index is 1.89. The summed E-state index contributed by atoms with van der Waals surface area (Å²) in [6.45, 7) is 10.3. The van der Waals surface area contributed by atoms with Crippen LogP contribution in [0.3, 0.4) is 0 Å². The molecular formula is C22H28N6OS. The van der Waals surface area contributed by atoms with Crippen molar-refractivity contribution in [2.45, 2.75) is 45.3 Å². The lowest BCUT2D eigenvalue weighted by atomic mass is 10.1. The Morgan fingerprint density at radius 3 is 2.47 bits per heavy atom. The third kappa shape index (κ3) is 4.35. The quantitative estimate of drug-likeness (QED) is 0.249. The van der Waals surface area contributed by atoms with Gasteiger partial charge < -0.3 is 0 Å². The summed E-state index contributed by atoms with van der Waals surface area (Å²) in [6.07, 6.45) is 0. The first kappa shape index (κ1) is 21.9. The molecule has 5 N–H and O–H groups in total. The fraction of sp³-hybridized carbons (Fsp3) is 0.273. The van der Waals surface area contributed by atoms with Crippen LogP contribution in [0.2, 0.25) is 0 Å². The van der Waals surface area contributed by atoms with Crippen LogP contribution >= 0.6 is 11.8 Å². The summed E-state index contributed by atoms with van der Waals surface area (Å²) in [5.41, 5.74) is 10.3. The van der Waals surface area contributed by atoms with Crippen molar-refractivity contribution in [2.24, 2.45) is 11.7 Å². The molecule has 0 bridgehead atoms. The Kier molecular flexibility index (Phi) is 6.50. The molecule has 0 radical (unpaired) electrons. The normalized spacial score (nSPS) is 10.9. The Morgan fingerprint density at radius 1 is 1.10 bits per heavy atom. The number of nitrogens with two attached hydrogens (primary N) is 2. The van der Waals surface area contributed by atoms with Gasteiger partial charge >= 0.3 is 6.03 Å². The molecule has 2 aromatic carbocycles. The lowest BCUT2D eigenvalue weighted by molar-refractivity contribution is 0.246. The van der Waals surface area contributed by atoms with Crippen molar-refractivity contribution in [1.82, 2.24) is 15.2 Å². The zero-order valence-electron chi connectivity index (χ0n) is 18.0. The van der Waals surface area contributed by atoms with Gasteiger partial charge in [-0.1, -0.05) is 12.1 Å². The van der Waals surface area contributed by atoms with Crippen molar-refractivity contribution in [1.29, 1.82) is 0 Å². The SMILES string of the molecule is Cc1cc(C)n(-c2cc(C)c(SCc3c(C)cccc3N(N)C(=O)NN)cc2C)n1. The van der Waals surface area contributed by atoms with Gasteiger partial charge in [0.25, 0.3) is 0 Å². The van der Waals surface area contributed by atoms with E-state index in [9.17, 15) is 4.79 Å². The van der Waals surface area contributed by atoms with Gasteiger partial charge in [0.2, 0.25) is 0 Å². The number of hydrogen-bond acceptors (Lipinski definition) is 5. The fourth-order valence-corrected chi connectivity index (χ4v) is 4.68. The van der Waals surface area contributed by atoms with Crippen LogP contribution < -0.4 is 22.1 Å². The second-order valence-corrected chi connectivity index (χ2v) is 8.44. The van der Waals surface area contributed by atoms with Gasteiger partial charge in [-0.05, 0) is 81.1 Å². The highest BCUT2D eigenvalue weighted by Gasteiger charge is 2.17. The number of urea groups is 1. The average Bonchev–Trinajstić information content (AvgIpc) is 3.05. The summed E-state index contributed by atoms with van der Waals surface area (Å²) in [4.78, 5) is 13.1. The second kappa shape index (κ2) is 8.91. The molecule has 0 aliphatic rings. The molecule has 0 saturated heterocycles. The number of anilines is 1. The van der Waals surface area contributed by atoms with E-state index in [2.05, 4.69) is 49.5 Å². The van der Waals surface area contributed by atoms with Gasteiger partial charge in [0.15, 0.2) is 0 Å². The topological polar surface area (TPSA) is 102 Å². The van der Waals surface area contributed by atoms with E-state index in [1.54, 1.807) is 11.8 Å². The van der Waals surface area contributed by atoms with E-state index in [0.29, 0.717) is 11.4 Å². The van der Waals surface area contributed by atoms with E-state index in [1.165, 1.54) is 10.5 Å². The van der Waals surface area contributed by atoms with E-state index in [0.717, 1.165) is 38.8 Å². The van der Waals surface area contributed by atoms with Crippen LogP contribution in [-0.4, -0.2) is 15.8 Å². The number of rotatable bonds is 5. The number of carbonyl (C=O) groups is 1. The van der Waals surface area contributed by atoms with Crippen LogP contribution in [0, 0.1) is 34.6 Å². The molecule has 30 heavy (non-hydrogen) atoms. The molecule has 0 unspecified atom stereocenters. The number of benzene rings is 2. The van der Waals surface area contributed by atoms with Gasteiger partial charge in [0.1, 0.15) is 0 Å². The van der Waals surface area contributed by atoms with Crippen molar-refractivity contribution in [3.8, 4) is 5.69 Å². The van der Waals surface area contributed by atoms with Gasteiger partial charge in [-0.3, -0.25) is 5.43 Å². The fourth-order valence-electron chi connectivity index (χ4n) is 3.46. The largest absolute Gasteiger partial charge is 0.350 e. The zero-order chi connectivity index (χ0) is 22.0. The van der Waals surface area contributed by atoms with E-state index in [4.69, 9.17) is 11.7 Å². The van der Waals surface area contributed by atoms with Crippen LogP contribution in [0.4, 0.5) is 10.5 Å². The molecule has 7 nitrogen and oxygen atoms in total. The summed E-state index contributed by atoms with van der Waals surface area (Å²) < 4.78 is 1.99. The number of amides is 2. The zero-order valence-corrected chi connectivity index (χ0v) is 18.8. The maximum atomic E-state index is 11.9. The molecule has 1 aromatic heterocycles. The Labute approximate surface area is 181 Å². The molecule has 3 aromatic rings. The number of hydrazine groups is 2. The van der Waals surface area contributed by atoms with Crippen molar-refractivity contribution in [2.75, 3.05) is 5.01 Å². The van der Waals surface area contributed by atoms with Crippen LogP contribution in [0.1, 0.15) is 33.6 Å². The number of aromatic nitrogens is 2. The molecule has 0 fully saturated rings. The number of thioether (sulfide) groups is 1. The molecular weight excluding hydrogens is 396 g/mol. The maximum absolute atomic E-state index is 11.9. The average molecular weight is 425 g/mol. The number of nitrogens with zero attached hydrogens (tertiary/aromatic N) is 3. The lowest BCUT2D eigenvalue weighted by Gasteiger charge is -2.21. The molecule has 0 spiro atoms. The summed E-state index contributed by atoms with van der Waals surface area (Å²) in [6, 6.07) is 11.6. The predicted octanol–water partition coefficient (Wildman–Crippen LogP) is 3.97. The predicted molar refractivity (Wildman–Crippen MR) is 123 cm³/mol. The summed E-state index contributed by atoms with van der Waals surface area (Å²) in [5, 5.41) is 5.66. The van der Waals surface area contributed by atoms with Crippen LogP contribution in [-0.2, 0) is 5.75 Å². The second-order valence-electron chi connectivity index (χ2n) is 7.42. The van der Waals surface area contributed by atoms with Crippen molar-refractivity contribution in [3.63, 3.8) is 0 Å². The third-order valence-electron chi connectivity index (χ3n) is 5.09. The van der Waals surface area contributed by atoms with Crippen LogP contribution in [0.25, 0.3) is 5.69 Å². The summed E-state index contributed by atoms with van der Waals surface area (Å²) in [5.74, 6) is 11.9. The van der Waals surface area contributed by atoms with E-state index in [-0.39, 0.29) is 0 Å². The van der Waals surface area contributed by atoms with Crippen molar-refractivity contribution in [3.05, 3.63) is 70.0 Å². The Hall–Kier alpha value is -2.81. The molecule has 0 saturated carbocycles. The number of hydrogen-bond donors (Lipinski definition) is 3. The maximum Gasteiger partial charge on any atom is 0.350 e. The molecule has 2 amide bonds. The van der Waals surface area contributed by atoms with Gasteiger partial charge in [-0.2, -0.15) is 5.10 Å². The van der Waals surface area contributed by atoms with Gasteiger partial charge in [-0.25, -0.2) is 26.2 Å². The molecule has 0 aliphatic carbocycles.